The molecule has 0 saturated carbocycles. The van der Waals surface area contributed by atoms with Gasteiger partial charge in [0.1, 0.15) is 12.3 Å². The van der Waals surface area contributed by atoms with E-state index in [4.69, 9.17) is 9.47 Å². The Morgan fingerprint density at radius 1 is 1.07 bits per heavy atom. The fourth-order valence-electron chi connectivity index (χ4n) is 4.27. The quantitative estimate of drug-likeness (QED) is 0.258. The zero-order chi connectivity index (χ0) is 30.3. The van der Waals surface area contributed by atoms with Crippen LogP contribution < -0.4 is 14.8 Å². The molecule has 1 aromatic carbocycles. The van der Waals surface area contributed by atoms with Gasteiger partial charge in [-0.3, -0.25) is 4.79 Å². The van der Waals surface area contributed by atoms with Gasteiger partial charge in [-0.05, 0) is 62.4 Å². The third kappa shape index (κ3) is 7.53. The first-order valence-electron chi connectivity index (χ1n) is 12.9. The van der Waals surface area contributed by atoms with Gasteiger partial charge < -0.3 is 33.7 Å². The van der Waals surface area contributed by atoms with E-state index in [1.165, 1.54) is 14.2 Å². The standard InChI is InChI=1S/C27H33N3O5S.C2H3ClO2/c1-27(2,3)29(4)25(31)20-15-19(23-8-7-13-36-23)24-18-16-22(35-12-10-28-26(32)34-6)21(33-5)14-17(18)9-11-30(20)24;1-5-2(3)4/h7-8,13-16H,9-12H2,1-6H3,(H,28,32);1H3. The number of hydrogen-bond acceptors (Lipinski definition) is 8. The van der Waals surface area contributed by atoms with E-state index in [0.717, 1.165) is 33.7 Å². The number of halogens is 1. The third-order valence-electron chi connectivity index (χ3n) is 6.64. The lowest BCUT2D eigenvalue weighted by Gasteiger charge is -2.32. The van der Waals surface area contributed by atoms with Crippen molar-refractivity contribution in [2.75, 3.05) is 41.5 Å². The van der Waals surface area contributed by atoms with E-state index >= 15 is 0 Å². The van der Waals surface area contributed by atoms with E-state index in [1.54, 1.807) is 23.3 Å². The summed E-state index contributed by atoms with van der Waals surface area (Å²) in [6, 6.07) is 10.1. The molecular formula is C29H36ClN3O7S. The van der Waals surface area contributed by atoms with Crippen LogP contribution in [0, 0.1) is 0 Å². The van der Waals surface area contributed by atoms with Gasteiger partial charge >= 0.3 is 11.5 Å². The number of fused-ring (bicyclic) bond motifs is 3. The molecule has 0 spiro atoms. The number of hydrogen-bond donors (Lipinski definition) is 1. The van der Waals surface area contributed by atoms with Crippen LogP contribution in [0.3, 0.4) is 0 Å². The van der Waals surface area contributed by atoms with Gasteiger partial charge in [0.05, 0.1) is 33.6 Å². The number of nitrogens with zero attached hydrogens (tertiary/aromatic N) is 2. The summed E-state index contributed by atoms with van der Waals surface area (Å²) in [4.78, 5) is 37.2. The fraction of sp³-hybridized carbons (Fsp3) is 0.414. The van der Waals surface area contributed by atoms with Crippen LogP contribution in [0.2, 0.25) is 0 Å². The Morgan fingerprint density at radius 2 is 1.78 bits per heavy atom. The van der Waals surface area contributed by atoms with Gasteiger partial charge in [-0.25, -0.2) is 9.59 Å². The SMILES string of the molecule is COC(=O)Cl.COC(=O)NCCOc1cc2c(cc1OC)CCn1c(C(=O)N(C)C(C)(C)C)cc(-c3cccs3)c1-2. The van der Waals surface area contributed by atoms with Crippen LogP contribution in [-0.2, 0) is 22.4 Å². The molecule has 10 nitrogen and oxygen atoms in total. The maximum absolute atomic E-state index is 13.6. The van der Waals surface area contributed by atoms with Crippen LogP contribution in [0.25, 0.3) is 21.7 Å². The molecule has 0 bridgehead atoms. The predicted molar refractivity (Wildman–Crippen MR) is 159 cm³/mol. The van der Waals surface area contributed by atoms with Crippen molar-refractivity contribution >= 4 is 40.4 Å². The van der Waals surface area contributed by atoms with Crippen molar-refractivity contribution < 1.29 is 33.3 Å². The monoisotopic (exact) mass is 605 g/mol. The van der Waals surface area contributed by atoms with Crippen LogP contribution in [0.5, 0.6) is 11.5 Å². The number of thiophene rings is 1. The molecule has 1 N–H and O–H groups in total. The van der Waals surface area contributed by atoms with Crippen molar-refractivity contribution in [1.29, 1.82) is 0 Å². The van der Waals surface area contributed by atoms with Crippen LogP contribution >= 0.6 is 22.9 Å². The Kier molecular flexibility index (Phi) is 10.7. The first-order chi connectivity index (χ1) is 19.4. The second-order valence-corrected chi connectivity index (χ2v) is 11.3. The Morgan fingerprint density at radius 3 is 2.34 bits per heavy atom. The third-order valence-corrected chi connectivity index (χ3v) is 7.70. The first kappa shape index (κ1) is 31.8. The summed E-state index contributed by atoms with van der Waals surface area (Å²) < 4.78 is 22.2. The number of alkyl carbamates (subject to hydrolysis) is 1. The first-order valence-corrected chi connectivity index (χ1v) is 14.1. The predicted octanol–water partition coefficient (Wildman–Crippen LogP) is 6.05. The van der Waals surface area contributed by atoms with Gasteiger partial charge in [0.2, 0.25) is 0 Å². The van der Waals surface area contributed by atoms with Crippen LogP contribution in [0.1, 0.15) is 36.8 Å². The molecule has 2 amide bonds. The van der Waals surface area contributed by atoms with E-state index in [9.17, 15) is 14.4 Å². The lowest BCUT2D eigenvalue weighted by atomic mass is 9.95. The zero-order valence-corrected chi connectivity index (χ0v) is 25.9. The number of carbonyl (C=O) groups is 3. The summed E-state index contributed by atoms with van der Waals surface area (Å²) in [5.74, 6) is 1.21. The van der Waals surface area contributed by atoms with E-state index in [-0.39, 0.29) is 18.1 Å². The highest BCUT2D eigenvalue weighted by Crippen LogP contribution is 2.45. The molecule has 1 aliphatic heterocycles. The maximum atomic E-state index is 13.6. The lowest BCUT2D eigenvalue weighted by Crippen LogP contribution is -2.43. The normalized spacial score (nSPS) is 11.7. The molecule has 4 rings (SSSR count). The lowest BCUT2D eigenvalue weighted by molar-refractivity contribution is 0.0644. The van der Waals surface area contributed by atoms with E-state index in [2.05, 4.69) is 37.0 Å². The Hall–Kier alpha value is -3.70. The zero-order valence-electron chi connectivity index (χ0n) is 24.3. The van der Waals surface area contributed by atoms with Gasteiger partial charge in [0, 0.05) is 46.7 Å². The van der Waals surface area contributed by atoms with Gasteiger partial charge in [0.25, 0.3) is 5.91 Å². The number of aryl methyl sites for hydroxylation is 1. The van der Waals surface area contributed by atoms with Crippen LogP contribution in [0.15, 0.2) is 35.7 Å². The van der Waals surface area contributed by atoms with Crippen molar-refractivity contribution in [3.8, 4) is 33.2 Å². The topological polar surface area (TPSA) is 108 Å². The molecule has 0 saturated heterocycles. The molecule has 41 heavy (non-hydrogen) atoms. The Labute approximate surface area is 249 Å². The fourth-order valence-corrected chi connectivity index (χ4v) is 5.01. The van der Waals surface area contributed by atoms with Crippen LogP contribution in [-0.4, -0.2) is 74.0 Å². The molecule has 1 aliphatic rings. The largest absolute Gasteiger partial charge is 0.493 e. The minimum Gasteiger partial charge on any atom is -0.493 e. The van der Waals surface area contributed by atoms with Crippen LogP contribution in [0.4, 0.5) is 9.59 Å². The summed E-state index contributed by atoms with van der Waals surface area (Å²) in [5.41, 5.74) is 3.79. The summed E-state index contributed by atoms with van der Waals surface area (Å²) in [5, 5.41) is 4.66. The van der Waals surface area contributed by atoms with Gasteiger partial charge in [0.15, 0.2) is 11.5 Å². The second-order valence-electron chi connectivity index (χ2n) is 10.1. The molecule has 0 radical (unpaired) electrons. The average molecular weight is 606 g/mol. The molecule has 0 unspecified atom stereocenters. The van der Waals surface area contributed by atoms with Crippen molar-refractivity contribution in [2.24, 2.45) is 0 Å². The molecule has 2 aromatic heterocycles. The number of carbonyl (C=O) groups excluding carboxylic acids is 3. The number of rotatable bonds is 7. The van der Waals surface area contributed by atoms with Crippen molar-refractivity contribution in [3.05, 3.63) is 47.0 Å². The molecule has 0 aliphatic carbocycles. The molecule has 0 atom stereocenters. The molecular weight excluding hydrogens is 570 g/mol. The van der Waals surface area contributed by atoms with Crippen molar-refractivity contribution in [3.63, 3.8) is 0 Å². The Balaban J connectivity index is 0.000000850. The van der Waals surface area contributed by atoms with Gasteiger partial charge in [-0.2, -0.15) is 0 Å². The number of methoxy groups -OCH3 is 3. The maximum Gasteiger partial charge on any atom is 0.406 e. The van der Waals surface area contributed by atoms with E-state index in [0.29, 0.717) is 30.3 Å². The van der Waals surface area contributed by atoms with Crippen molar-refractivity contribution in [2.45, 2.75) is 39.3 Å². The molecule has 222 valence electrons. The number of nitrogens with one attached hydrogen (secondary N) is 1. The van der Waals surface area contributed by atoms with E-state index < -0.39 is 11.5 Å². The highest BCUT2D eigenvalue weighted by Gasteiger charge is 2.32. The second kappa shape index (κ2) is 13.8. The minimum absolute atomic E-state index is 0.00567. The van der Waals surface area contributed by atoms with Gasteiger partial charge in [-0.15, -0.1) is 11.3 Å². The summed E-state index contributed by atoms with van der Waals surface area (Å²) in [6.07, 6.45) is 0.257. The number of ether oxygens (including phenoxy) is 4. The van der Waals surface area contributed by atoms with E-state index in [1.807, 2.05) is 57.5 Å². The smallest absolute Gasteiger partial charge is 0.406 e. The van der Waals surface area contributed by atoms with Crippen molar-refractivity contribution in [1.82, 2.24) is 14.8 Å². The molecule has 0 fully saturated rings. The Bertz CT molecular complexity index is 1380. The number of amides is 2. The average Bonchev–Trinajstić information content (AvgIpc) is 3.62. The number of benzene rings is 1. The summed E-state index contributed by atoms with van der Waals surface area (Å²) in [6.45, 7) is 7.34. The molecule has 12 heteroatoms. The molecule has 3 aromatic rings. The van der Waals surface area contributed by atoms with Gasteiger partial charge in [-0.1, -0.05) is 6.07 Å². The highest BCUT2D eigenvalue weighted by molar-refractivity contribution is 7.13. The highest BCUT2D eigenvalue weighted by atomic mass is 35.5. The number of aromatic nitrogens is 1. The summed E-state index contributed by atoms with van der Waals surface area (Å²) >= 11 is 6.25. The minimum atomic E-state index is -0.773. The molecule has 3 heterocycles. The summed E-state index contributed by atoms with van der Waals surface area (Å²) in [7, 11) is 6.00.